The lowest BCUT2D eigenvalue weighted by Crippen LogP contribution is -2.47. The van der Waals surface area contributed by atoms with Crippen LogP contribution in [0, 0.1) is 0 Å². The molecule has 0 radical (unpaired) electrons. The molecule has 1 fully saturated rings. The predicted octanol–water partition coefficient (Wildman–Crippen LogP) is 1.62. The fourth-order valence-electron chi connectivity index (χ4n) is 2.40. The third-order valence-electron chi connectivity index (χ3n) is 3.61. The van der Waals surface area contributed by atoms with E-state index in [0.29, 0.717) is 6.04 Å². The van der Waals surface area contributed by atoms with Crippen LogP contribution in [-0.2, 0) is 11.3 Å². The summed E-state index contributed by atoms with van der Waals surface area (Å²) in [5.74, 6) is 0. The fraction of sp³-hybridized carbons (Fsp3) is 0.714. The molecule has 0 spiro atoms. The molecule has 2 heterocycles. The normalized spacial score (nSPS) is 23.5. The van der Waals surface area contributed by atoms with E-state index in [1.165, 1.54) is 5.56 Å². The second-order valence-corrected chi connectivity index (χ2v) is 5.51. The molecule has 1 aromatic heterocycles. The summed E-state index contributed by atoms with van der Waals surface area (Å²) in [6.07, 6.45) is 4.51. The molecule has 0 aliphatic carbocycles. The highest BCUT2D eigenvalue weighted by atomic mass is 16.5. The van der Waals surface area contributed by atoms with Gasteiger partial charge in [-0.1, -0.05) is 0 Å². The Morgan fingerprint density at radius 3 is 2.83 bits per heavy atom. The standard InChI is InChI=1S/C14H25N3O/c1-11(2)17-6-7-18-14(10-17)9-16-5-4-13(8-16)12(3)15/h4-5,8,11-12,14H,6-7,9-10,15H2,1-3H3. The van der Waals surface area contributed by atoms with Gasteiger partial charge in [0.15, 0.2) is 0 Å². The molecule has 2 atom stereocenters. The van der Waals surface area contributed by atoms with Gasteiger partial charge in [0.2, 0.25) is 0 Å². The molecular weight excluding hydrogens is 226 g/mol. The molecule has 4 heteroatoms. The molecule has 0 saturated carbocycles. The van der Waals surface area contributed by atoms with Crippen LogP contribution >= 0.6 is 0 Å². The second kappa shape index (κ2) is 5.87. The van der Waals surface area contributed by atoms with E-state index in [4.69, 9.17) is 10.5 Å². The predicted molar refractivity (Wildman–Crippen MR) is 73.5 cm³/mol. The number of rotatable bonds is 4. The number of nitrogens with two attached hydrogens (primary N) is 1. The zero-order valence-corrected chi connectivity index (χ0v) is 11.7. The van der Waals surface area contributed by atoms with E-state index in [1.54, 1.807) is 0 Å². The van der Waals surface area contributed by atoms with Gasteiger partial charge in [0.25, 0.3) is 0 Å². The third kappa shape index (κ3) is 3.34. The first kappa shape index (κ1) is 13.6. The number of aromatic nitrogens is 1. The maximum atomic E-state index is 5.87. The molecule has 102 valence electrons. The molecule has 2 unspecified atom stereocenters. The first-order chi connectivity index (χ1) is 8.56. The van der Waals surface area contributed by atoms with Crippen LogP contribution in [0.2, 0.25) is 0 Å². The van der Waals surface area contributed by atoms with Crippen LogP contribution in [0.5, 0.6) is 0 Å². The summed E-state index contributed by atoms with van der Waals surface area (Å²) >= 11 is 0. The van der Waals surface area contributed by atoms with Crippen LogP contribution in [0.3, 0.4) is 0 Å². The number of hydrogen-bond donors (Lipinski definition) is 1. The molecule has 2 rings (SSSR count). The van der Waals surface area contributed by atoms with Crippen LogP contribution in [0.25, 0.3) is 0 Å². The maximum absolute atomic E-state index is 5.87. The number of hydrogen-bond acceptors (Lipinski definition) is 3. The average Bonchev–Trinajstić information content (AvgIpc) is 2.78. The molecule has 0 amide bonds. The molecule has 0 aromatic carbocycles. The lowest BCUT2D eigenvalue weighted by Gasteiger charge is -2.35. The summed E-state index contributed by atoms with van der Waals surface area (Å²) in [6.45, 7) is 10.3. The Balaban J connectivity index is 1.92. The SMILES string of the molecule is CC(N)c1ccn(CC2CN(C(C)C)CCO2)c1. The minimum absolute atomic E-state index is 0.102. The van der Waals surface area contributed by atoms with Crippen LogP contribution in [0.1, 0.15) is 32.4 Å². The maximum Gasteiger partial charge on any atom is 0.0881 e. The summed E-state index contributed by atoms with van der Waals surface area (Å²) in [4.78, 5) is 2.48. The van der Waals surface area contributed by atoms with E-state index in [-0.39, 0.29) is 12.1 Å². The van der Waals surface area contributed by atoms with Gasteiger partial charge in [0.05, 0.1) is 12.7 Å². The summed E-state index contributed by atoms with van der Waals surface area (Å²) < 4.78 is 8.03. The van der Waals surface area contributed by atoms with Gasteiger partial charge in [-0.05, 0) is 32.4 Å². The summed E-state index contributed by atoms with van der Waals surface area (Å²) in [5, 5.41) is 0. The van der Waals surface area contributed by atoms with Gasteiger partial charge < -0.3 is 15.0 Å². The third-order valence-corrected chi connectivity index (χ3v) is 3.61. The molecule has 2 N–H and O–H groups in total. The van der Waals surface area contributed by atoms with Crippen molar-refractivity contribution in [3.63, 3.8) is 0 Å². The van der Waals surface area contributed by atoms with E-state index in [2.05, 4.69) is 41.8 Å². The molecule has 1 saturated heterocycles. The van der Waals surface area contributed by atoms with Crippen LogP contribution in [0.4, 0.5) is 0 Å². The molecule has 4 nitrogen and oxygen atoms in total. The molecule has 1 aromatic rings. The zero-order chi connectivity index (χ0) is 13.1. The van der Waals surface area contributed by atoms with Crippen molar-refractivity contribution in [3.05, 3.63) is 24.0 Å². The van der Waals surface area contributed by atoms with Crippen LogP contribution in [0.15, 0.2) is 18.5 Å². The van der Waals surface area contributed by atoms with E-state index in [0.717, 1.165) is 26.2 Å². The number of nitrogens with zero attached hydrogens (tertiary/aromatic N) is 2. The average molecular weight is 251 g/mol. The van der Waals surface area contributed by atoms with Gasteiger partial charge in [0, 0.05) is 44.1 Å². The number of morpholine rings is 1. The van der Waals surface area contributed by atoms with Crippen molar-refractivity contribution in [2.45, 2.75) is 45.5 Å². The van der Waals surface area contributed by atoms with Crippen molar-refractivity contribution >= 4 is 0 Å². The van der Waals surface area contributed by atoms with Gasteiger partial charge in [0.1, 0.15) is 0 Å². The topological polar surface area (TPSA) is 43.4 Å². The van der Waals surface area contributed by atoms with Gasteiger partial charge in [-0.2, -0.15) is 0 Å². The molecule has 18 heavy (non-hydrogen) atoms. The second-order valence-electron chi connectivity index (χ2n) is 5.51. The highest BCUT2D eigenvalue weighted by Crippen LogP contribution is 2.14. The Labute approximate surface area is 110 Å². The lowest BCUT2D eigenvalue weighted by molar-refractivity contribution is -0.0455. The van der Waals surface area contributed by atoms with Crippen molar-refractivity contribution < 1.29 is 4.74 Å². The van der Waals surface area contributed by atoms with Gasteiger partial charge >= 0.3 is 0 Å². The minimum atomic E-state index is 0.102. The van der Waals surface area contributed by atoms with Crippen molar-refractivity contribution in [2.24, 2.45) is 5.73 Å². The highest BCUT2D eigenvalue weighted by molar-refractivity contribution is 5.13. The molecule has 1 aliphatic heterocycles. The van der Waals surface area contributed by atoms with Crippen LogP contribution in [-0.4, -0.2) is 41.3 Å². The van der Waals surface area contributed by atoms with E-state index in [1.807, 2.05) is 6.92 Å². The first-order valence-corrected chi connectivity index (χ1v) is 6.83. The minimum Gasteiger partial charge on any atom is -0.374 e. The Morgan fingerprint density at radius 1 is 1.44 bits per heavy atom. The van der Waals surface area contributed by atoms with Gasteiger partial charge in [-0.3, -0.25) is 4.90 Å². The molecule has 1 aliphatic rings. The van der Waals surface area contributed by atoms with Crippen molar-refractivity contribution in [3.8, 4) is 0 Å². The van der Waals surface area contributed by atoms with Crippen LogP contribution < -0.4 is 5.73 Å². The van der Waals surface area contributed by atoms with Crippen molar-refractivity contribution in [1.82, 2.24) is 9.47 Å². The van der Waals surface area contributed by atoms with E-state index >= 15 is 0 Å². The lowest BCUT2D eigenvalue weighted by atomic mass is 10.2. The summed E-state index contributed by atoms with van der Waals surface area (Å²) in [6, 6.07) is 2.79. The Hall–Kier alpha value is -0.840. The van der Waals surface area contributed by atoms with Crippen molar-refractivity contribution in [2.75, 3.05) is 19.7 Å². The Bertz CT molecular complexity index is 373. The van der Waals surface area contributed by atoms with E-state index < -0.39 is 0 Å². The summed E-state index contributed by atoms with van der Waals surface area (Å²) in [7, 11) is 0. The largest absolute Gasteiger partial charge is 0.374 e. The smallest absolute Gasteiger partial charge is 0.0881 e. The Morgan fingerprint density at radius 2 is 2.22 bits per heavy atom. The number of ether oxygens (including phenoxy) is 1. The van der Waals surface area contributed by atoms with Gasteiger partial charge in [-0.15, -0.1) is 0 Å². The fourth-order valence-corrected chi connectivity index (χ4v) is 2.40. The first-order valence-electron chi connectivity index (χ1n) is 6.83. The summed E-state index contributed by atoms with van der Waals surface area (Å²) in [5.41, 5.74) is 7.06. The zero-order valence-electron chi connectivity index (χ0n) is 11.7. The Kier molecular flexibility index (Phi) is 4.43. The monoisotopic (exact) mass is 251 g/mol. The molecule has 0 bridgehead atoms. The quantitative estimate of drug-likeness (QED) is 0.884. The van der Waals surface area contributed by atoms with Gasteiger partial charge in [-0.25, -0.2) is 0 Å². The highest BCUT2D eigenvalue weighted by Gasteiger charge is 2.22. The van der Waals surface area contributed by atoms with E-state index in [9.17, 15) is 0 Å². The molecular formula is C14H25N3O. The van der Waals surface area contributed by atoms with Crippen molar-refractivity contribution in [1.29, 1.82) is 0 Å².